The molecule has 0 aliphatic carbocycles. The zero-order chi connectivity index (χ0) is 15.9. The van der Waals surface area contributed by atoms with Crippen molar-refractivity contribution in [2.75, 3.05) is 0 Å². The summed E-state index contributed by atoms with van der Waals surface area (Å²) in [5.74, 6) is 0. The van der Waals surface area contributed by atoms with E-state index in [1.807, 2.05) is 4.98 Å². The topological polar surface area (TPSA) is 120 Å². The van der Waals surface area contributed by atoms with Crippen LogP contribution in [-0.2, 0) is 10.1 Å². The van der Waals surface area contributed by atoms with Crippen LogP contribution in [0.25, 0.3) is 22.0 Å². The predicted molar refractivity (Wildman–Crippen MR) is 80.4 cm³/mol. The largest absolute Gasteiger partial charge is 0.326 e. The van der Waals surface area contributed by atoms with Crippen molar-refractivity contribution in [1.82, 2.24) is 9.97 Å². The minimum Gasteiger partial charge on any atom is -0.306 e. The third kappa shape index (κ3) is 2.34. The van der Waals surface area contributed by atoms with Crippen molar-refractivity contribution in [2.45, 2.75) is 4.90 Å². The number of benzene rings is 2. The van der Waals surface area contributed by atoms with Crippen molar-refractivity contribution >= 4 is 21.0 Å². The lowest BCUT2D eigenvalue weighted by Gasteiger charge is -2.08. The fraction of sp³-hybridized carbons (Fsp3) is 0. The van der Waals surface area contributed by atoms with Gasteiger partial charge in [0.15, 0.2) is 0 Å². The average Bonchev–Trinajstić information content (AvgIpc) is 2.46. The summed E-state index contributed by atoms with van der Waals surface area (Å²) >= 11 is 0. The molecule has 0 unspecified atom stereocenters. The van der Waals surface area contributed by atoms with Crippen LogP contribution >= 0.6 is 0 Å². The highest BCUT2D eigenvalue weighted by atomic mass is 32.2. The van der Waals surface area contributed by atoms with Crippen LogP contribution < -0.4 is 11.2 Å². The Morgan fingerprint density at radius 1 is 0.909 bits per heavy atom. The Balaban J connectivity index is 2.54. The molecule has 2 aromatic carbocycles. The molecule has 0 saturated heterocycles. The molecule has 0 aliphatic heterocycles. The van der Waals surface area contributed by atoms with Crippen molar-refractivity contribution in [3.8, 4) is 11.1 Å². The van der Waals surface area contributed by atoms with Gasteiger partial charge in [0, 0.05) is 5.56 Å². The normalized spacial score (nSPS) is 11.7. The Morgan fingerprint density at radius 2 is 1.59 bits per heavy atom. The number of rotatable bonds is 2. The fourth-order valence-corrected chi connectivity index (χ4v) is 3.02. The van der Waals surface area contributed by atoms with Crippen molar-refractivity contribution in [3.63, 3.8) is 0 Å². The molecule has 7 nitrogen and oxygen atoms in total. The highest BCUT2D eigenvalue weighted by Gasteiger charge is 2.20. The van der Waals surface area contributed by atoms with Crippen LogP contribution in [0.3, 0.4) is 0 Å². The summed E-state index contributed by atoms with van der Waals surface area (Å²) in [4.78, 5) is 27.4. The minimum absolute atomic E-state index is 0.0510. The average molecular weight is 318 g/mol. The number of nitrogens with one attached hydrogen (secondary N) is 2. The first-order valence-electron chi connectivity index (χ1n) is 6.20. The standard InChI is InChI=1S/C14H10N2O5S/c17-13-11-10(22(19,20)21)7-6-9(8-4-2-1-3-5-8)12(11)15-14(18)16-13/h1-7H,(H,19,20,21)(H2,15,16,17,18). The van der Waals surface area contributed by atoms with E-state index < -0.39 is 26.3 Å². The molecule has 8 heteroatoms. The molecule has 3 rings (SSSR count). The molecular weight excluding hydrogens is 308 g/mol. The molecule has 0 atom stereocenters. The van der Waals surface area contributed by atoms with E-state index in [1.165, 1.54) is 6.07 Å². The fourth-order valence-electron chi connectivity index (χ4n) is 2.32. The van der Waals surface area contributed by atoms with Crippen LogP contribution in [-0.4, -0.2) is 22.9 Å². The molecule has 0 bridgehead atoms. The van der Waals surface area contributed by atoms with Gasteiger partial charge in [-0.3, -0.25) is 14.3 Å². The van der Waals surface area contributed by atoms with E-state index in [4.69, 9.17) is 0 Å². The molecule has 0 radical (unpaired) electrons. The van der Waals surface area contributed by atoms with E-state index in [9.17, 15) is 22.6 Å². The molecule has 3 N–H and O–H groups in total. The summed E-state index contributed by atoms with van der Waals surface area (Å²) in [5, 5.41) is -0.288. The molecule has 0 aliphatic rings. The van der Waals surface area contributed by atoms with E-state index in [0.717, 1.165) is 6.07 Å². The zero-order valence-electron chi connectivity index (χ0n) is 11.0. The Labute approximate surface area is 124 Å². The van der Waals surface area contributed by atoms with Gasteiger partial charge in [0.1, 0.15) is 4.90 Å². The van der Waals surface area contributed by atoms with Gasteiger partial charge in [-0.25, -0.2) is 4.79 Å². The van der Waals surface area contributed by atoms with Crippen molar-refractivity contribution in [2.24, 2.45) is 0 Å². The van der Waals surface area contributed by atoms with E-state index in [2.05, 4.69) is 4.98 Å². The van der Waals surface area contributed by atoms with Gasteiger partial charge >= 0.3 is 5.69 Å². The number of fused-ring (bicyclic) bond motifs is 1. The maximum Gasteiger partial charge on any atom is 0.326 e. The van der Waals surface area contributed by atoms with Crippen LogP contribution in [0.1, 0.15) is 0 Å². The molecule has 1 aromatic heterocycles. The summed E-state index contributed by atoms with van der Waals surface area (Å²) in [6.45, 7) is 0. The lowest BCUT2D eigenvalue weighted by molar-refractivity contribution is 0.484. The molecule has 112 valence electrons. The highest BCUT2D eigenvalue weighted by Crippen LogP contribution is 2.28. The maximum atomic E-state index is 12.0. The maximum absolute atomic E-state index is 12.0. The van der Waals surface area contributed by atoms with Gasteiger partial charge in [-0.05, 0) is 11.6 Å². The molecular formula is C14H10N2O5S. The van der Waals surface area contributed by atoms with E-state index in [0.29, 0.717) is 11.1 Å². The second-order valence-electron chi connectivity index (χ2n) is 4.61. The second-order valence-corrected chi connectivity index (χ2v) is 6.00. The number of hydrogen-bond acceptors (Lipinski definition) is 4. The van der Waals surface area contributed by atoms with Crippen LogP contribution in [0, 0.1) is 0 Å². The summed E-state index contributed by atoms with van der Waals surface area (Å²) in [7, 11) is -4.61. The molecule has 0 amide bonds. The van der Waals surface area contributed by atoms with Gasteiger partial charge in [0.2, 0.25) is 0 Å². The minimum atomic E-state index is -4.61. The Kier molecular flexibility index (Phi) is 3.19. The van der Waals surface area contributed by atoms with Crippen LogP contribution in [0.5, 0.6) is 0 Å². The third-order valence-corrected chi connectivity index (χ3v) is 4.12. The van der Waals surface area contributed by atoms with Crippen molar-refractivity contribution in [1.29, 1.82) is 0 Å². The summed E-state index contributed by atoms with van der Waals surface area (Å²) in [6, 6.07) is 11.4. The van der Waals surface area contributed by atoms with Gasteiger partial charge in [-0.1, -0.05) is 36.4 Å². The highest BCUT2D eigenvalue weighted by molar-refractivity contribution is 7.86. The second kappa shape index (κ2) is 4.93. The molecule has 1 heterocycles. The van der Waals surface area contributed by atoms with E-state index in [-0.39, 0.29) is 10.9 Å². The van der Waals surface area contributed by atoms with E-state index in [1.54, 1.807) is 30.3 Å². The van der Waals surface area contributed by atoms with Crippen LogP contribution in [0.2, 0.25) is 0 Å². The number of aromatic nitrogens is 2. The van der Waals surface area contributed by atoms with Gasteiger partial charge in [-0.15, -0.1) is 0 Å². The van der Waals surface area contributed by atoms with Crippen molar-refractivity contribution < 1.29 is 13.0 Å². The lowest BCUT2D eigenvalue weighted by Crippen LogP contribution is -2.23. The van der Waals surface area contributed by atoms with Gasteiger partial charge < -0.3 is 4.98 Å². The molecule has 0 saturated carbocycles. The summed E-state index contributed by atoms with van der Waals surface area (Å²) in [5.41, 5.74) is -0.428. The molecule has 3 aromatic rings. The number of hydrogen-bond donors (Lipinski definition) is 3. The van der Waals surface area contributed by atoms with Crippen LogP contribution in [0.4, 0.5) is 0 Å². The Bertz CT molecular complexity index is 1080. The van der Waals surface area contributed by atoms with Gasteiger partial charge in [-0.2, -0.15) is 8.42 Å². The monoisotopic (exact) mass is 318 g/mol. The Morgan fingerprint density at radius 3 is 2.23 bits per heavy atom. The SMILES string of the molecule is O=c1[nH]c(=O)c2c(S(=O)(=O)O)ccc(-c3ccccc3)c2[nH]1. The Hall–Kier alpha value is -2.71. The van der Waals surface area contributed by atoms with E-state index >= 15 is 0 Å². The first kappa shape index (κ1) is 14.2. The predicted octanol–water partition coefficient (Wildman–Crippen LogP) is 1.13. The number of H-pyrrole nitrogens is 2. The first-order valence-corrected chi connectivity index (χ1v) is 7.64. The van der Waals surface area contributed by atoms with Gasteiger partial charge in [0.25, 0.3) is 15.7 Å². The molecule has 22 heavy (non-hydrogen) atoms. The lowest BCUT2D eigenvalue weighted by atomic mass is 10.0. The van der Waals surface area contributed by atoms with Crippen LogP contribution in [0.15, 0.2) is 56.9 Å². The smallest absolute Gasteiger partial charge is 0.306 e. The van der Waals surface area contributed by atoms with Gasteiger partial charge in [0.05, 0.1) is 10.9 Å². The summed E-state index contributed by atoms with van der Waals surface area (Å²) in [6.07, 6.45) is 0. The quantitative estimate of drug-likeness (QED) is 0.612. The molecule has 0 spiro atoms. The number of aromatic amines is 2. The van der Waals surface area contributed by atoms with Crippen molar-refractivity contribution in [3.05, 3.63) is 63.3 Å². The summed E-state index contributed by atoms with van der Waals surface area (Å²) < 4.78 is 32.2. The molecule has 0 fully saturated rings. The first-order chi connectivity index (χ1) is 10.4. The zero-order valence-corrected chi connectivity index (χ0v) is 11.8. The third-order valence-electron chi connectivity index (χ3n) is 3.22.